The molecule has 0 aliphatic carbocycles. The van der Waals surface area contributed by atoms with Gasteiger partial charge in [-0.05, 0) is 19.7 Å². The van der Waals surface area contributed by atoms with Crippen molar-refractivity contribution in [2.75, 3.05) is 0 Å². The minimum atomic E-state index is -1.35. The van der Waals surface area contributed by atoms with Crippen molar-refractivity contribution in [3.05, 3.63) is 0 Å². The molecule has 0 N–H and O–H groups in total. The maximum atomic E-state index is 2.78. The second-order valence-corrected chi connectivity index (χ2v) is 43.4. The molecule has 2 saturated heterocycles. The number of hydrogen-bond donors (Lipinski definition) is 0. The lowest BCUT2D eigenvalue weighted by atomic mass is 10.4. The van der Waals surface area contributed by atoms with Crippen molar-refractivity contribution < 1.29 is 0 Å². The van der Waals surface area contributed by atoms with E-state index >= 15 is 0 Å². The first kappa shape index (κ1) is 22.4. The largest absolute Gasteiger partial charge is 0.0696 e. The van der Waals surface area contributed by atoms with Crippen LogP contribution in [0.1, 0.15) is 26.7 Å². The van der Waals surface area contributed by atoms with Crippen LogP contribution in [0.4, 0.5) is 0 Å². The van der Waals surface area contributed by atoms with Gasteiger partial charge >= 0.3 is 0 Å². The van der Waals surface area contributed by atoms with Crippen LogP contribution in [0.2, 0.25) is 98.2 Å². The Balaban J connectivity index is 2.96. The molecule has 25 heavy (non-hydrogen) atoms. The zero-order valence-electron chi connectivity index (χ0n) is 20.1. The Morgan fingerprint density at radius 2 is 0.720 bits per heavy atom. The van der Waals surface area contributed by atoms with E-state index in [9.17, 15) is 0 Å². The van der Waals surface area contributed by atoms with E-state index in [2.05, 4.69) is 92.4 Å². The molecule has 0 nitrogen and oxygen atoms in total. The topological polar surface area (TPSA) is 0 Å². The molecule has 5 heteroatoms. The van der Waals surface area contributed by atoms with E-state index in [-0.39, 0.29) is 0 Å². The lowest BCUT2D eigenvalue weighted by Gasteiger charge is -2.62. The third-order valence-electron chi connectivity index (χ3n) is 9.49. The van der Waals surface area contributed by atoms with Gasteiger partial charge in [0.2, 0.25) is 0 Å². The summed E-state index contributed by atoms with van der Waals surface area (Å²) in [7, 11) is -6.33. The highest BCUT2D eigenvalue weighted by atomic mass is 28.5. The fourth-order valence-electron chi connectivity index (χ4n) is 9.72. The second-order valence-electron chi connectivity index (χ2n) is 13.8. The minimum absolute atomic E-state index is 0.854. The highest BCUT2D eigenvalue weighted by molar-refractivity contribution is 7.31. The first-order valence-corrected chi connectivity index (χ1v) is 26.9. The van der Waals surface area contributed by atoms with Crippen molar-refractivity contribution in [3.8, 4) is 0 Å². The average Bonchev–Trinajstić information content (AvgIpc) is 2.76. The van der Waals surface area contributed by atoms with Gasteiger partial charge in [0.25, 0.3) is 0 Å². The van der Waals surface area contributed by atoms with E-state index in [1.165, 1.54) is 0 Å². The number of hydrogen-bond acceptors (Lipinski definition) is 0. The van der Waals surface area contributed by atoms with Gasteiger partial charge in [0.15, 0.2) is 0 Å². The SMILES string of the molecule is C[C@@H]1[C@H](C)[Si]12C([Si](C)(C)C)([Si](C)(C)C)CCC2([Si](C)(C)C)[Si](C)(C)C. The van der Waals surface area contributed by atoms with E-state index in [1.54, 1.807) is 12.8 Å². The molecule has 2 aliphatic heterocycles. The normalized spacial score (nSPS) is 31.4. The van der Waals surface area contributed by atoms with Crippen molar-refractivity contribution in [1.29, 1.82) is 0 Å². The third-order valence-corrected chi connectivity index (χ3v) is 50.5. The highest BCUT2D eigenvalue weighted by Crippen LogP contribution is 2.90. The predicted octanol–water partition coefficient (Wildman–Crippen LogP) is 8.01. The molecule has 2 heterocycles. The summed E-state index contributed by atoms with van der Waals surface area (Å²) in [5, 5.41) is 0. The molecule has 2 fully saturated rings. The Morgan fingerprint density at radius 3 is 0.840 bits per heavy atom. The maximum absolute atomic E-state index is 2.78. The molecule has 0 bridgehead atoms. The Morgan fingerprint density at radius 1 is 0.520 bits per heavy atom. The van der Waals surface area contributed by atoms with Gasteiger partial charge in [-0.2, -0.15) is 0 Å². The predicted molar refractivity (Wildman–Crippen MR) is 133 cm³/mol. The molecule has 148 valence electrons. The van der Waals surface area contributed by atoms with E-state index in [0.717, 1.165) is 19.7 Å². The van der Waals surface area contributed by atoms with Gasteiger partial charge in [-0.15, -0.1) is 0 Å². The first-order chi connectivity index (χ1) is 10.8. The molecule has 0 radical (unpaired) electrons. The molecule has 2 atom stereocenters. The Kier molecular flexibility index (Phi) is 4.99. The molecule has 2 rings (SSSR count). The molecular weight excluding hydrogens is 381 g/mol. The van der Waals surface area contributed by atoms with Crippen molar-refractivity contribution in [2.45, 2.75) is 125 Å². The van der Waals surface area contributed by atoms with Gasteiger partial charge in [0, 0.05) is 32.3 Å². The van der Waals surface area contributed by atoms with E-state index < -0.39 is 40.4 Å². The first-order valence-electron chi connectivity index (χ1n) is 10.8. The van der Waals surface area contributed by atoms with E-state index in [1.807, 2.05) is 0 Å². The van der Waals surface area contributed by atoms with Gasteiger partial charge in [-0.25, -0.2) is 0 Å². The van der Waals surface area contributed by atoms with Crippen molar-refractivity contribution in [1.82, 2.24) is 0 Å². The summed E-state index contributed by atoms with van der Waals surface area (Å²) in [6.07, 6.45) is 3.27. The fourth-order valence-corrected chi connectivity index (χ4v) is 67.6. The minimum Gasteiger partial charge on any atom is -0.0696 e. The van der Waals surface area contributed by atoms with Crippen molar-refractivity contribution in [3.63, 3.8) is 0 Å². The third kappa shape index (κ3) is 2.31. The average molecular weight is 429 g/mol. The van der Waals surface area contributed by atoms with Crippen LogP contribution in [0, 0.1) is 0 Å². The molecule has 0 aromatic rings. The monoisotopic (exact) mass is 428 g/mol. The van der Waals surface area contributed by atoms with Gasteiger partial charge in [0.1, 0.15) is 0 Å². The van der Waals surface area contributed by atoms with Crippen LogP contribution in [0.25, 0.3) is 0 Å². The van der Waals surface area contributed by atoms with Crippen LogP contribution < -0.4 is 0 Å². The molecule has 0 amide bonds. The van der Waals surface area contributed by atoms with E-state index in [0.29, 0.717) is 0 Å². The highest BCUT2D eigenvalue weighted by Gasteiger charge is 2.89. The quantitative estimate of drug-likeness (QED) is 0.397. The van der Waals surface area contributed by atoms with Gasteiger partial charge in [0.05, 0.1) is 8.07 Å². The molecule has 2 aliphatic rings. The zero-order valence-corrected chi connectivity index (χ0v) is 25.1. The van der Waals surface area contributed by atoms with Crippen LogP contribution in [0.5, 0.6) is 0 Å². The summed E-state index contributed by atoms with van der Waals surface area (Å²) in [5.74, 6) is 0. The summed E-state index contributed by atoms with van der Waals surface area (Å²) in [4.78, 5) is 0. The molecule has 0 unspecified atom stereocenters. The maximum Gasteiger partial charge on any atom is 0.0611 e. The van der Waals surface area contributed by atoms with Crippen LogP contribution in [0.15, 0.2) is 0 Å². The molecule has 0 saturated carbocycles. The van der Waals surface area contributed by atoms with Gasteiger partial charge < -0.3 is 0 Å². The lowest BCUT2D eigenvalue weighted by Crippen LogP contribution is -2.71. The Labute approximate surface area is 165 Å². The zero-order chi connectivity index (χ0) is 20.1. The second kappa shape index (κ2) is 5.58. The van der Waals surface area contributed by atoms with Crippen LogP contribution in [0.3, 0.4) is 0 Å². The summed E-state index contributed by atoms with van der Waals surface area (Å²) in [6.45, 7) is 38.8. The van der Waals surface area contributed by atoms with E-state index in [4.69, 9.17) is 0 Å². The van der Waals surface area contributed by atoms with Gasteiger partial charge in [-0.3, -0.25) is 0 Å². The van der Waals surface area contributed by atoms with Crippen molar-refractivity contribution in [2.24, 2.45) is 0 Å². The number of rotatable bonds is 4. The lowest BCUT2D eigenvalue weighted by molar-refractivity contribution is 0.763. The Hall–Kier alpha value is 1.08. The Bertz CT molecular complexity index is 460. The van der Waals surface area contributed by atoms with Crippen LogP contribution in [-0.2, 0) is 0 Å². The van der Waals surface area contributed by atoms with Gasteiger partial charge in [-0.1, -0.05) is 105 Å². The van der Waals surface area contributed by atoms with Crippen molar-refractivity contribution >= 4 is 40.4 Å². The summed E-state index contributed by atoms with van der Waals surface area (Å²) >= 11 is 0. The molecule has 1 spiro atoms. The summed E-state index contributed by atoms with van der Waals surface area (Å²) in [6, 6.07) is 0. The van der Waals surface area contributed by atoms with Crippen LogP contribution in [-0.4, -0.2) is 40.4 Å². The molecular formula is C20H48Si5. The standard InChI is InChI=1S/C20H48Si5/c1-17-18(2)25(17)19(21(3,4)5,22(6,7)8)15-16-20(25,23(9,10)11)24(12,13)14/h17-18H,15-16H2,1-14H3/t17-,18+. The summed E-state index contributed by atoms with van der Waals surface area (Å²) < 4.78 is 1.71. The summed E-state index contributed by atoms with van der Waals surface area (Å²) in [5.41, 5.74) is 2.18. The molecule has 0 aromatic carbocycles. The smallest absolute Gasteiger partial charge is 0.0611 e. The fraction of sp³-hybridized carbons (Fsp3) is 1.00. The van der Waals surface area contributed by atoms with Crippen LogP contribution >= 0.6 is 0 Å². The molecule has 0 aromatic heterocycles.